The van der Waals surface area contributed by atoms with Crippen LogP contribution >= 0.6 is 0 Å². The van der Waals surface area contributed by atoms with Crippen molar-refractivity contribution in [3.05, 3.63) is 88.8 Å². The van der Waals surface area contributed by atoms with Gasteiger partial charge in [-0.05, 0) is 70.8 Å². The number of aromatic nitrogens is 1. The molecule has 0 saturated heterocycles. The molecule has 0 aliphatic rings. The van der Waals surface area contributed by atoms with Gasteiger partial charge in [0, 0.05) is 51.4 Å². The van der Waals surface area contributed by atoms with Gasteiger partial charge in [-0.15, -0.1) is 34.9 Å². The van der Waals surface area contributed by atoms with Crippen molar-refractivity contribution in [1.29, 1.82) is 0 Å². The Bertz CT molecular complexity index is 1830. The van der Waals surface area contributed by atoms with Gasteiger partial charge in [-0.25, -0.2) is 0 Å². The number of rotatable bonds is 6. The molecule has 3 aromatic carbocycles. The summed E-state index contributed by atoms with van der Waals surface area (Å²) in [5, 5.41) is 11.8. The number of fused-ring (bicyclic) bond motifs is 3. The zero-order valence-corrected chi connectivity index (χ0v) is 27.8. The summed E-state index contributed by atoms with van der Waals surface area (Å²) in [6.07, 6.45) is -0.130. The van der Waals surface area contributed by atoms with Gasteiger partial charge in [0.1, 0.15) is 5.76 Å². The van der Waals surface area contributed by atoms with Crippen LogP contribution in [0.5, 0.6) is 0 Å². The average molecular weight is 775 g/mol. The Hall–Kier alpha value is -3.02. The van der Waals surface area contributed by atoms with Gasteiger partial charge >= 0.3 is 6.18 Å². The standard InChI is InChI=1S/C23H17F3N.C13H24O2.Ir/c1-13-8-14(2)10-16(9-13)22-20-5-4-18-15(3)11-17(23(24,25)26)12-21(18)19(20)6-7-27-22;1-7-12(3,4)10(14)9-11(15)13(5,6)8-2;/h4-9,11-12H,1-3H3;9,14H,7-8H2,1-6H3;/q-1;;/b;10-9-;/i1D3,2D3;;. The minimum Gasteiger partial charge on any atom is -0.512 e. The molecule has 0 spiro atoms. The summed E-state index contributed by atoms with van der Waals surface area (Å²) in [5.74, 6) is 0.195. The third kappa shape index (κ3) is 8.33. The van der Waals surface area contributed by atoms with Crippen molar-refractivity contribution in [1.82, 2.24) is 4.98 Å². The van der Waals surface area contributed by atoms with Gasteiger partial charge in [0.25, 0.3) is 0 Å². The molecule has 0 aliphatic carbocycles. The first-order chi connectivity index (χ1) is 21.8. The van der Waals surface area contributed by atoms with Gasteiger partial charge in [-0.1, -0.05) is 67.4 Å². The maximum atomic E-state index is 13.4. The van der Waals surface area contributed by atoms with Crippen LogP contribution in [0.4, 0.5) is 13.2 Å². The number of aliphatic hydroxyl groups excluding tert-OH is 1. The number of allylic oxidation sites excluding steroid dienone is 2. The van der Waals surface area contributed by atoms with Crippen LogP contribution in [0.25, 0.3) is 32.8 Å². The Balaban J connectivity index is 0.000000444. The summed E-state index contributed by atoms with van der Waals surface area (Å²) in [6, 6.07) is 12.2. The number of nitrogens with zero attached hydrogens (tertiary/aromatic N) is 1. The van der Waals surface area contributed by atoms with Gasteiger partial charge in [-0.3, -0.25) is 4.79 Å². The van der Waals surface area contributed by atoms with E-state index in [1.807, 2.05) is 41.5 Å². The van der Waals surface area contributed by atoms with E-state index in [2.05, 4.69) is 11.1 Å². The second-order valence-corrected chi connectivity index (χ2v) is 11.8. The van der Waals surface area contributed by atoms with Crippen LogP contribution in [-0.4, -0.2) is 15.9 Å². The van der Waals surface area contributed by atoms with E-state index < -0.39 is 25.4 Å². The Morgan fingerprint density at radius 3 is 2.16 bits per heavy atom. The molecule has 1 N–H and O–H groups in total. The molecule has 0 fully saturated rings. The summed E-state index contributed by atoms with van der Waals surface area (Å²) >= 11 is 0. The molecule has 0 bridgehead atoms. The van der Waals surface area contributed by atoms with Crippen molar-refractivity contribution in [2.45, 2.75) is 81.2 Å². The van der Waals surface area contributed by atoms with Crippen LogP contribution < -0.4 is 0 Å². The molecule has 7 heteroatoms. The fourth-order valence-electron chi connectivity index (χ4n) is 4.23. The summed E-state index contributed by atoms with van der Waals surface area (Å²) in [7, 11) is 0. The Morgan fingerprint density at radius 1 is 0.930 bits per heavy atom. The first kappa shape index (κ1) is 27.5. The molecule has 0 saturated carbocycles. The van der Waals surface area contributed by atoms with E-state index in [-0.39, 0.29) is 64.9 Å². The van der Waals surface area contributed by atoms with Crippen LogP contribution in [0.2, 0.25) is 0 Å². The number of halogens is 3. The predicted molar refractivity (Wildman–Crippen MR) is 167 cm³/mol. The van der Waals surface area contributed by atoms with Crippen molar-refractivity contribution < 1.29 is 51.4 Å². The first-order valence-corrected chi connectivity index (χ1v) is 13.8. The molecule has 3 nitrogen and oxygen atoms in total. The molecule has 0 atom stereocenters. The third-order valence-corrected chi connectivity index (χ3v) is 7.93. The number of pyridine rings is 1. The maximum Gasteiger partial charge on any atom is 0.416 e. The topological polar surface area (TPSA) is 50.2 Å². The van der Waals surface area contributed by atoms with Crippen molar-refractivity contribution in [3.63, 3.8) is 0 Å². The van der Waals surface area contributed by atoms with Gasteiger partial charge < -0.3 is 10.1 Å². The molecule has 4 aromatic rings. The first-order valence-electron chi connectivity index (χ1n) is 16.8. The molecule has 1 radical (unpaired) electrons. The number of carbonyl (C=O) groups is 1. The van der Waals surface area contributed by atoms with Crippen LogP contribution in [0.3, 0.4) is 0 Å². The number of ketones is 1. The number of aliphatic hydroxyl groups is 1. The van der Waals surface area contributed by atoms with E-state index in [1.54, 1.807) is 25.1 Å². The number of carbonyl (C=O) groups excluding carboxylic acids is 1. The zero-order chi connectivity index (χ0) is 36.6. The van der Waals surface area contributed by atoms with E-state index in [1.165, 1.54) is 18.3 Å². The minimum atomic E-state index is -4.52. The minimum absolute atomic E-state index is 0. The molecule has 1 heterocycles. The van der Waals surface area contributed by atoms with E-state index in [0.29, 0.717) is 27.1 Å². The van der Waals surface area contributed by atoms with Crippen LogP contribution in [-0.2, 0) is 31.1 Å². The smallest absolute Gasteiger partial charge is 0.416 e. The van der Waals surface area contributed by atoms with Crippen molar-refractivity contribution in [3.8, 4) is 11.3 Å². The predicted octanol–water partition coefficient (Wildman–Crippen LogP) is 10.7. The largest absolute Gasteiger partial charge is 0.512 e. The van der Waals surface area contributed by atoms with E-state index in [4.69, 9.17) is 8.22 Å². The number of aryl methyl sites for hydroxylation is 3. The Morgan fingerprint density at radius 2 is 1.58 bits per heavy atom. The summed E-state index contributed by atoms with van der Waals surface area (Å²) in [5.41, 5.74) is -1.08. The third-order valence-electron chi connectivity index (χ3n) is 7.93. The molecular formula is C36H41F3IrNO2-. The zero-order valence-electron chi connectivity index (χ0n) is 31.4. The number of benzene rings is 3. The van der Waals surface area contributed by atoms with Gasteiger partial charge in [-0.2, -0.15) is 13.2 Å². The fraction of sp³-hybridized carbons (Fsp3) is 0.389. The number of hydrogen-bond donors (Lipinski definition) is 1. The normalized spacial score (nSPS) is 15.2. The molecule has 0 unspecified atom stereocenters. The SMILES string of the molecule is CCC(C)(C)C(=O)/C=C(\O)C(C)(C)CC.[2H]C([2H])([2H])c1[c-]c(-c2nccc3c2ccc2c(C)cc(C(F)(F)F)cc23)cc(C([2H])([2H])[2H])c1.[Ir]. The van der Waals surface area contributed by atoms with Crippen molar-refractivity contribution in [2.75, 3.05) is 0 Å². The molecule has 233 valence electrons. The van der Waals surface area contributed by atoms with Gasteiger partial charge in [0.15, 0.2) is 5.78 Å². The summed E-state index contributed by atoms with van der Waals surface area (Å²) in [4.78, 5) is 16.1. The maximum absolute atomic E-state index is 13.4. The van der Waals surface area contributed by atoms with Crippen LogP contribution in [0.1, 0.15) is 84.9 Å². The molecule has 43 heavy (non-hydrogen) atoms. The Labute approximate surface area is 275 Å². The fourth-order valence-corrected chi connectivity index (χ4v) is 4.23. The van der Waals surface area contributed by atoms with Crippen molar-refractivity contribution >= 4 is 27.3 Å². The molecular weight excluding hydrogens is 728 g/mol. The molecule has 4 rings (SSSR count). The van der Waals surface area contributed by atoms with Crippen molar-refractivity contribution in [2.24, 2.45) is 10.8 Å². The molecule has 1 aromatic heterocycles. The quantitative estimate of drug-likeness (QED) is 0.0919. The number of alkyl halides is 3. The van der Waals surface area contributed by atoms with E-state index >= 15 is 0 Å². The average Bonchev–Trinajstić information content (AvgIpc) is 2.99. The Kier molecular flexibility index (Phi) is 8.79. The second kappa shape index (κ2) is 13.7. The van der Waals surface area contributed by atoms with Gasteiger partial charge in [0.2, 0.25) is 0 Å². The molecule has 0 amide bonds. The van der Waals surface area contributed by atoms with E-state index in [9.17, 15) is 23.1 Å². The molecule has 0 aliphatic heterocycles. The summed E-state index contributed by atoms with van der Waals surface area (Å²) in [6.45, 7) is 8.08. The van der Waals surface area contributed by atoms with Crippen LogP contribution in [0, 0.1) is 37.5 Å². The second-order valence-electron chi connectivity index (χ2n) is 11.8. The van der Waals surface area contributed by atoms with E-state index in [0.717, 1.165) is 31.0 Å². The number of hydrogen-bond acceptors (Lipinski definition) is 3. The monoisotopic (exact) mass is 775 g/mol. The van der Waals surface area contributed by atoms with Gasteiger partial charge in [0.05, 0.1) is 5.56 Å². The van der Waals surface area contributed by atoms with Crippen LogP contribution in [0.15, 0.2) is 60.5 Å². The summed E-state index contributed by atoms with van der Waals surface area (Å²) < 4.78 is 86.5.